The first-order valence-electron chi connectivity index (χ1n) is 10.3. The number of hydrogen-bond acceptors (Lipinski definition) is 3. The average molecular weight is 479 g/mol. The number of halogens is 1. The second-order valence-corrected chi connectivity index (χ2v) is 8.53. The summed E-state index contributed by atoms with van der Waals surface area (Å²) in [6.45, 7) is 6.08. The zero-order valence-corrected chi connectivity index (χ0v) is 19.6. The molecule has 4 nitrogen and oxygen atoms in total. The molecule has 0 aromatic heterocycles. The van der Waals surface area contributed by atoms with Crippen LogP contribution in [0, 0.1) is 0 Å². The highest BCUT2D eigenvalue weighted by Crippen LogP contribution is 2.29. The van der Waals surface area contributed by atoms with Crippen LogP contribution < -0.4 is 10.2 Å². The molecule has 0 heterocycles. The van der Waals surface area contributed by atoms with Gasteiger partial charge in [0, 0.05) is 11.6 Å². The lowest BCUT2D eigenvalue weighted by Gasteiger charge is -2.18. The molecule has 0 saturated carbocycles. The Morgan fingerprint density at radius 2 is 1.52 bits per heavy atom. The number of carbonyl (C=O) groups is 1. The molecule has 0 bridgehead atoms. The van der Waals surface area contributed by atoms with Gasteiger partial charge in [0.25, 0.3) is 5.91 Å². The van der Waals surface area contributed by atoms with Crippen molar-refractivity contribution in [3.05, 3.63) is 100 Å². The zero-order chi connectivity index (χ0) is 22.2. The molecule has 3 rings (SSSR count). The van der Waals surface area contributed by atoms with E-state index in [4.69, 9.17) is 4.74 Å². The van der Waals surface area contributed by atoms with Crippen LogP contribution in [0.2, 0.25) is 0 Å². The van der Waals surface area contributed by atoms with Crippen LogP contribution in [-0.4, -0.2) is 18.2 Å². The predicted octanol–water partition coefficient (Wildman–Crippen LogP) is 6.28. The van der Waals surface area contributed by atoms with Crippen LogP contribution in [0.25, 0.3) is 0 Å². The third-order valence-electron chi connectivity index (χ3n) is 5.02. The number of hydrogen-bond donors (Lipinski definition) is 1. The van der Waals surface area contributed by atoms with E-state index in [0.29, 0.717) is 11.7 Å². The van der Waals surface area contributed by atoms with Crippen molar-refractivity contribution in [3.63, 3.8) is 0 Å². The lowest BCUT2D eigenvalue weighted by Crippen LogP contribution is -2.26. The summed E-state index contributed by atoms with van der Waals surface area (Å²) in [5.74, 6) is 0.709. The summed E-state index contributed by atoms with van der Waals surface area (Å²) in [4.78, 5) is 12.3. The van der Waals surface area contributed by atoms with Gasteiger partial charge < -0.3 is 4.74 Å². The maximum atomic E-state index is 12.3. The quantitative estimate of drug-likeness (QED) is 0.306. The molecule has 0 aliphatic heterocycles. The Balaban J connectivity index is 1.67. The number of ether oxygens (including phenoxy) is 1. The Labute approximate surface area is 192 Å². The molecule has 3 aromatic rings. The molecule has 0 fully saturated rings. The molecule has 3 aromatic carbocycles. The monoisotopic (exact) mass is 478 g/mol. The van der Waals surface area contributed by atoms with Gasteiger partial charge in [-0.25, -0.2) is 5.43 Å². The molecule has 0 atom stereocenters. The van der Waals surface area contributed by atoms with E-state index in [1.54, 1.807) is 0 Å². The molecule has 0 radical (unpaired) electrons. The van der Waals surface area contributed by atoms with E-state index in [9.17, 15) is 4.79 Å². The summed E-state index contributed by atoms with van der Waals surface area (Å²) < 4.78 is 6.50. The van der Waals surface area contributed by atoms with Crippen LogP contribution >= 0.6 is 15.9 Å². The van der Waals surface area contributed by atoms with Crippen LogP contribution in [0.1, 0.15) is 49.3 Å². The van der Waals surface area contributed by atoms with Crippen molar-refractivity contribution in [1.29, 1.82) is 0 Å². The summed E-state index contributed by atoms with van der Waals surface area (Å²) in [5, 5.41) is 4.37. The second-order valence-electron chi connectivity index (χ2n) is 7.68. The fraction of sp³-hybridized carbons (Fsp3) is 0.231. The minimum atomic E-state index is -0.306. The lowest BCUT2D eigenvalue weighted by molar-refractivity contribution is -0.123. The van der Waals surface area contributed by atoms with Gasteiger partial charge in [0.1, 0.15) is 5.75 Å². The van der Waals surface area contributed by atoms with E-state index in [-0.39, 0.29) is 18.4 Å². The smallest absolute Gasteiger partial charge is 0.277 e. The summed E-state index contributed by atoms with van der Waals surface area (Å²) in [5.41, 5.74) is 6.88. The molecule has 160 valence electrons. The minimum absolute atomic E-state index is 0.0404. The summed E-state index contributed by atoms with van der Waals surface area (Å²) in [7, 11) is 0. The normalized spacial score (nSPS) is 11.6. The van der Waals surface area contributed by atoms with Crippen molar-refractivity contribution in [2.24, 2.45) is 5.10 Å². The minimum Gasteiger partial charge on any atom is -0.483 e. The van der Waals surface area contributed by atoms with Crippen LogP contribution in [0.15, 0.2) is 88.4 Å². The molecular weight excluding hydrogens is 452 g/mol. The number of nitrogens with one attached hydrogen (secondary N) is 1. The molecule has 1 amide bonds. The average Bonchev–Trinajstić information content (AvgIpc) is 2.78. The number of benzene rings is 3. The van der Waals surface area contributed by atoms with Gasteiger partial charge >= 0.3 is 0 Å². The Morgan fingerprint density at radius 3 is 2.03 bits per heavy atom. The maximum absolute atomic E-state index is 12.3. The third-order valence-corrected chi connectivity index (χ3v) is 5.64. The first-order chi connectivity index (χ1) is 15.0. The number of nitrogens with zero attached hydrogens (tertiary/aromatic N) is 1. The van der Waals surface area contributed by atoms with E-state index < -0.39 is 0 Å². The molecule has 0 aliphatic carbocycles. The zero-order valence-electron chi connectivity index (χ0n) is 18.0. The van der Waals surface area contributed by atoms with Gasteiger partial charge in [-0.3, -0.25) is 4.79 Å². The third kappa shape index (κ3) is 6.28. The van der Waals surface area contributed by atoms with Crippen molar-refractivity contribution in [3.8, 4) is 5.75 Å². The summed E-state index contributed by atoms with van der Waals surface area (Å²) in [6.07, 6.45) is 0. The van der Waals surface area contributed by atoms with Crippen molar-refractivity contribution < 1.29 is 9.53 Å². The first kappa shape index (κ1) is 22.8. The van der Waals surface area contributed by atoms with Crippen molar-refractivity contribution in [2.45, 2.75) is 32.6 Å². The maximum Gasteiger partial charge on any atom is 0.277 e. The van der Waals surface area contributed by atoms with Crippen molar-refractivity contribution >= 4 is 27.5 Å². The largest absolute Gasteiger partial charge is 0.483 e. The first-order valence-corrected chi connectivity index (χ1v) is 11.1. The van der Waals surface area contributed by atoms with Gasteiger partial charge in [-0.05, 0) is 57.6 Å². The van der Waals surface area contributed by atoms with Gasteiger partial charge in [-0.15, -0.1) is 0 Å². The Morgan fingerprint density at radius 1 is 0.935 bits per heavy atom. The fourth-order valence-electron chi connectivity index (χ4n) is 3.35. The number of rotatable bonds is 8. The van der Waals surface area contributed by atoms with E-state index in [1.807, 2.05) is 61.5 Å². The van der Waals surface area contributed by atoms with Crippen LogP contribution in [0.3, 0.4) is 0 Å². The molecule has 0 spiro atoms. The van der Waals surface area contributed by atoms with Crippen LogP contribution in [-0.2, 0) is 4.79 Å². The van der Waals surface area contributed by atoms with Gasteiger partial charge in [-0.1, -0.05) is 80.6 Å². The SMILES string of the molecule is C/C(=N\NC(=O)COc1ccc(C(C)C)cc1Br)C(c1ccccc1)c1ccccc1. The molecule has 31 heavy (non-hydrogen) atoms. The molecule has 1 N–H and O–H groups in total. The van der Waals surface area contributed by atoms with E-state index in [1.165, 1.54) is 5.56 Å². The molecular formula is C26H27BrN2O2. The van der Waals surface area contributed by atoms with E-state index in [2.05, 4.69) is 64.6 Å². The van der Waals surface area contributed by atoms with Gasteiger partial charge in [0.05, 0.1) is 4.47 Å². The molecule has 0 saturated heterocycles. The fourth-order valence-corrected chi connectivity index (χ4v) is 3.86. The van der Waals surface area contributed by atoms with E-state index in [0.717, 1.165) is 21.3 Å². The van der Waals surface area contributed by atoms with Gasteiger partial charge in [0.2, 0.25) is 0 Å². The van der Waals surface area contributed by atoms with Gasteiger partial charge in [0.15, 0.2) is 6.61 Å². The second kappa shape index (κ2) is 10.9. The van der Waals surface area contributed by atoms with Crippen LogP contribution in [0.4, 0.5) is 0 Å². The number of hydrazone groups is 1. The van der Waals surface area contributed by atoms with Gasteiger partial charge in [-0.2, -0.15) is 5.10 Å². The van der Waals surface area contributed by atoms with Crippen LogP contribution in [0.5, 0.6) is 5.75 Å². The number of amides is 1. The van der Waals surface area contributed by atoms with Crippen molar-refractivity contribution in [2.75, 3.05) is 6.61 Å². The van der Waals surface area contributed by atoms with E-state index >= 15 is 0 Å². The Bertz CT molecular complexity index is 994. The number of carbonyl (C=O) groups excluding carboxylic acids is 1. The highest BCUT2D eigenvalue weighted by Gasteiger charge is 2.17. The standard InChI is InChI=1S/C26H27BrN2O2/c1-18(2)22-14-15-24(23(27)16-22)31-17-25(30)29-28-19(3)26(20-10-6-4-7-11-20)21-12-8-5-9-13-21/h4-16,18,26H,17H2,1-3H3,(H,29,30)/b28-19+. The Hall–Kier alpha value is -2.92. The van der Waals surface area contributed by atoms with Crippen molar-refractivity contribution in [1.82, 2.24) is 5.43 Å². The topological polar surface area (TPSA) is 50.7 Å². The highest BCUT2D eigenvalue weighted by atomic mass is 79.9. The highest BCUT2D eigenvalue weighted by molar-refractivity contribution is 9.10. The lowest BCUT2D eigenvalue weighted by atomic mass is 9.88. The molecule has 0 unspecified atom stereocenters. The summed E-state index contributed by atoms with van der Waals surface area (Å²) in [6, 6.07) is 26.2. The predicted molar refractivity (Wildman–Crippen MR) is 130 cm³/mol. The Kier molecular flexibility index (Phi) is 8.01. The summed E-state index contributed by atoms with van der Waals surface area (Å²) >= 11 is 3.51. The molecule has 0 aliphatic rings. The molecule has 5 heteroatoms.